The SMILES string of the molecule is COC(=O)c1ccc(CNC2CCCCC2(C)C)cc1. The summed E-state index contributed by atoms with van der Waals surface area (Å²) in [5.74, 6) is -0.280. The minimum absolute atomic E-state index is 0.280. The van der Waals surface area contributed by atoms with Crippen LogP contribution in [-0.2, 0) is 11.3 Å². The first-order chi connectivity index (χ1) is 9.53. The molecule has 1 aliphatic rings. The Bertz CT molecular complexity index is 451. The van der Waals surface area contributed by atoms with Crippen molar-refractivity contribution in [3.8, 4) is 0 Å². The van der Waals surface area contributed by atoms with Crippen LogP contribution in [0.3, 0.4) is 0 Å². The van der Waals surface area contributed by atoms with Gasteiger partial charge in [-0.1, -0.05) is 38.8 Å². The Balaban J connectivity index is 1.92. The van der Waals surface area contributed by atoms with Gasteiger partial charge in [-0.2, -0.15) is 0 Å². The fraction of sp³-hybridized carbons (Fsp3) is 0.588. The fourth-order valence-corrected chi connectivity index (χ4v) is 2.99. The molecule has 0 spiro atoms. The molecule has 0 heterocycles. The van der Waals surface area contributed by atoms with Crippen LogP contribution in [0.25, 0.3) is 0 Å². The molecule has 1 unspecified atom stereocenters. The second-order valence-electron chi connectivity index (χ2n) is 6.36. The second-order valence-corrected chi connectivity index (χ2v) is 6.36. The maximum Gasteiger partial charge on any atom is 0.337 e. The number of ether oxygens (including phenoxy) is 1. The maximum absolute atomic E-state index is 11.4. The lowest BCUT2D eigenvalue weighted by molar-refractivity contribution is 0.0600. The molecule has 0 bridgehead atoms. The van der Waals surface area contributed by atoms with Crippen molar-refractivity contribution in [3.05, 3.63) is 35.4 Å². The largest absolute Gasteiger partial charge is 0.465 e. The van der Waals surface area contributed by atoms with E-state index >= 15 is 0 Å². The highest BCUT2D eigenvalue weighted by Crippen LogP contribution is 2.35. The van der Waals surface area contributed by atoms with Crippen LogP contribution in [0.1, 0.15) is 55.5 Å². The van der Waals surface area contributed by atoms with Gasteiger partial charge in [0.1, 0.15) is 0 Å². The highest BCUT2D eigenvalue weighted by atomic mass is 16.5. The third kappa shape index (κ3) is 3.60. The molecule has 1 fully saturated rings. The van der Waals surface area contributed by atoms with E-state index in [2.05, 4.69) is 19.2 Å². The molecule has 2 rings (SSSR count). The molecule has 0 aliphatic heterocycles. The van der Waals surface area contributed by atoms with Gasteiger partial charge in [0, 0.05) is 12.6 Å². The van der Waals surface area contributed by atoms with Gasteiger partial charge in [-0.25, -0.2) is 4.79 Å². The molecule has 0 saturated heterocycles. The van der Waals surface area contributed by atoms with Crippen LogP contribution in [0.15, 0.2) is 24.3 Å². The predicted octanol–water partition coefficient (Wildman–Crippen LogP) is 3.53. The number of esters is 1. The number of benzene rings is 1. The summed E-state index contributed by atoms with van der Waals surface area (Å²) in [5, 5.41) is 3.67. The Kier molecular flexibility index (Phi) is 4.81. The molecule has 0 amide bonds. The second kappa shape index (κ2) is 6.40. The first kappa shape index (κ1) is 15.0. The zero-order valence-electron chi connectivity index (χ0n) is 12.7. The zero-order chi connectivity index (χ0) is 14.6. The highest BCUT2D eigenvalue weighted by Gasteiger charge is 2.31. The van der Waals surface area contributed by atoms with Crippen LogP contribution >= 0.6 is 0 Å². The molecular weight excluding hydrogens is 250 g/mol. The number of carbonyl (C=O) groups excluding carboxylic acids is 1. The summed E-state index contributed by atoms with van der Waals surface area (Å²) in [6, 6.07) is 8.23. The molecule has 0 aromatic heterocycles. The minimum Gasteiger partial charge on any atom is -0.465 e. The molecule has 3 heteroatoms. The standard InChI is InChI=1S/C17H25NO2/c1-17(2)11-5-4-6-15(17)18-12-13-7-9-14(10-8-13)16(19)20-3/h7-10,15,18H,4-6,11-12H2,1-3H3. The molecule has 3 nitrogen and oxygen atoms in total. The highest BCUT2D eigenvalue weighted by molar-refractivity contribution is 5.89. The Morgan fingerprint density at radius 3 is 2.60 bits per heavy atom. The van der Waals surface area contributed by atoms with E-state index in [0.29, 0.717) is 17.0 Å². The summed E-state index contributed by atoms with van der Waals surface area (Å²) in [6.07, 6.45) is 5.22. The number of nitrogens with one attached hydrogen (secondary N) is 1. The lowest BCUT2D eigenvalue weighted by Crippen LogP contribution is -2.43. The van der Waals surface area contributed by atoms with E-state index in [4.69, 9.17) is 4.74 Å². The van der Waals surface area contributed by atoms with Crippen molar-refractivity contribution >= 4 is 5.97 Å². The van der Waals surface area contributed by atoms with Crippen LogP contribution < -0.4 is 5.32 Å². The first-order valence-corrected chi connectivity index (χ1v) is 7.43. The lowest BCUT2D eigenvalue weighted by Gasteiger charge is -2.39. The third-order valence-corrected chi connectivity index (χ3v) is 4.43. The van der Waals surface area contributed by atoms with Crippen LogP contribution in [0, 0.1) is 5.41 Å². The van der Waals surface area contributed by atoms with Gasteiger partial charge in [0.2, 0.25) is 0 Å². The molecule has 1 atom stereocenters. The molecule has 0 radical (unpaired) electrons. The van der Waals surface area contributed by atoms with Crippen molar-refractivity contribution in [2.75, 3.05) is 7.11 Å². The van der Waals surface area contributed by atoms with Gasteiger partial charge >= 0.3 is 5.97 Å². The molecule has 1 saturated carbocycles. The quantitative estimate of drug-likeness (QED) is 0.854. The van der Waals surface area contributed by atoms with Crippen molar-refractivity contribution < 1.29 is 9.53 Å². The van der Waals surface area contributed by atoms with Gasteiger partial charge in [-0.3, -0.25) is 0 Å². The lowest BCUT2D eigenvalue weighted by atomic mass is 9.73. The molecule has 110 valence electrons. The summed E-state index contributed by atoms with van der Waals surface area (Å²) in [6.45, 7) is 5.56. The number of methoxy groups -OCH3 is 1. The first-order valence-electron chi connectivity index (χ1n) is 7.43. The summed E-state index contributed by atoms with van der Waals surface area (Å²) in [7, 11) is 1.41. The van der Waals surface area contributed by atoms with Gasteiger partial charge < -0.3 is 10.1 Å². The predicted molar refractivity (Wildman–Crippen MR) is 80.7 cm³/mol. The van der Waals surface area contributed by atoms with E-state index in [1.807, 2.05) is 24.3 Å². The van der Waals surface area contributed by atoms with Crippen LogP contribution in [-0.4, -0.2) is 19.1 Å². The molecule has 1 aromatic carbocycles. The van der Waals surface area contributed by atoms with E-state index in [-0.39, 0.29) is 5.97 Å². The Hall–Kier alpha value is -1.35. The monoisotopic (exact) mass is 275 g/mol. The van der Waals surface area contributed by atoms with Crippen molar-refractivity contribution in [2.45, 2.75) is 52.1 Å². The number of hydrogen-bond acceptors (Lipinski definition) is 3. The van der Waals surface area contributed by atoms with Gasteiger partial charge in [-0.15, -0.1) is 0 Å². The van der Waals surface area contributed by atoms with E-state index in [1.54, 1.807) is 0 Å². The summed E-state index contributed by atoms with van der Waals surface area (Å²) >= 11 is 0. The topological polar surface area (TPSA) is 38.3 Å². The average molecular weight is 275 g/mol. The maximum atomic E-state index is 11.4. The van der Waals surface area contributed by atoms with Gasteiger partial charge in [0.15, 0.2) is 0 Å². The van der Waals surface area contributed by atoms with Crippen molar-refractivity contribution in [2.24, 2.45) is 5.41 Å². The van der Waals surface area contributed by atoms with Crippen molar-refractivity contribution in [1.82, 2.24) is 5.32 Å². The zero-order valence-corrected chi connectivity index (χ0v) is 12.7. The molecule has 1 aliphatic carbocycles. The Morgan fingerprint density at radius 2 is 2.00 bits per heavy atom. The summed E-state index contributed by atoms with van der Waals surface area (Å²) in [4.78, 5) is 11.4. The molecular formula is C17H25NO2. The Morgan fingerprint density at radius 1 is 1.30 bits per heavy atom. The number of rotatable bonds is 4. The third-order valence-electron chi connectivity index (χ3n) is 4.43. The normalized spacial score (nSPS) is 21.4. The molecule has 1 aromatic rings. The van der Waals surface area contributed by atoms with Gasteiger partial charge in [0.25, 0.3) is 0 Å². The van der Waals surface area contributed by atoms with Crippen LogP contribution in [0.4, 0.5) is 0 Å². The van der Waals surface area contributed by atoms with Crippen LogP contribution in [0.2, 0.25) is 0 Å². The van der Waals surface area contributed by atoms with Crippen molar-refractivity contribution in [1.29, 1.82) is 0 Å². The van der Waals surface area contributed by atoms with Crippen molar-refractivity contribution in [3.63, 3.8) is 0 Å². The van der Waals surface area contributed by atoms with Gasteiger partial charge in [-0.05, 0) is 36.0 Å². The summed E-state index contributed by atoms with van der Waals surface area (Å²) < 4.78 is 4.70. The van der Waals surface area contributed by atoms with Crippen LogP contribution in [0.5, 0.6) is 0 Å². The van der Waals surface area contributed by atoms with E-state index in [0.717, 1.165) is 6.54 Å². The van der Waals surface area contributed by atoms with E-state index < -0.39 is 0 Å². The van der Waals surface area contributed by atoms with E-state index in [9.17, 15) is 4.79 Å². The number of carbonyl (C=O) groups is 1. The molecule has 1 N–H and O–H groups in total. The molecule has 20 heavy (non-hydrogen) atoms. The smallest absolute Gasteiger partial charge is 0.337 e. The fourth-order valence-electron chi connectivity index (χ4n) is 2.99. The Labute approximate surface area is 121 Å². The minimum atomic E-state index is -0.280. The van der Waals surface area contributed by atoms with Gasteiger partial charge in [0.05, 0.1) is 12.7 Å². The van der Waals surface area contributed by atoms with E-state index in [1.165, 1.54) is 38.4 Å². The number of hydrogen-bond donors (Lipinski definition) is 1. The summed E-state index contributed by atoms with van der Waals surface area (Å²) in [5.41, 5.74) is 2.19. The average Bonchev–Trinajstić information content (AvgIpc) is 2.45.